The van der Waals surface area contributed by atoms with Gasteiger partial charge in [-0.25, -0.2) is 19.6 Å². The number of carbonyl (C=O) groups is 4. The van der Waals surface area contributed by atoms with Gasteiger partial charge in [0.1, 0.15) is 23.7 Å². The maximum Gasteiger partial charge on any atom is 0.407 e. The molecule has 1 unspecified atom stereocenters. The predicted molar refractivity (Wildman–Crippen MR) is 229 cm³/mol. The van der Waals surface area contributed by atoms with Crippen LogP contribution in [-0.4, -0.2) is 106 Å². The smallest absolute Gasteiger partial charge is 0.407 e. The fourth-order valence-electron chi connectivity index (χ4n) is 9.04. The summed E-state index contributed by atoms with van der Waals surface area (Å²) >= 11 is 0. The van der Waals surface area contributed by atoms with Crippen molar-refractivity contribution in [3.05, 3.63) is 84.7 Å². The van der Waals surface area contributed by atoms with Gasteiger partial charge < -0.3 is 44.6 Å². The van der Waals surface area contributed by atoms with E-state index >= 15 is 0 Å². The molecule has 15 heteroatoms. The van der Waals surface area contributed by atoms with Gasteiger partial charge in [-0.2, -0.15) is 0 Å². The van der Waals surface area contributed by atoms with Gasteiger partial charge >= 0.3 is 12.2 Å². The minimum absolute atomic E-state index is 0.0275. The Bertz CT molecular complexity index is 2370. The van der Waals surface area contributed by atoms with E-state index in [9.17, 15) is 19.2 Å². The van der Waals surface area contributed by atoms with Gasteiger partial charge in [0.15, 0.2) is 0 Å². The highest BCUT2D eigenvalue weighted by molar-refractivity contribution is 5.91. The van der Waals surface area contributed by atoms with Gasteiger partial charge in [-0.15, -0.1) is 0 Å². The van der Waals surface area contributed by atoms with Crippen LogP contribution in [-0.2, 0) is 23.8 Å². The first kappa shape index (κ1) is 41.5. The maximum absolute atomic E-state index is 14.0. The highest BCUT2D eigenvalue weighted by Gasteiger charge is 2.40. The van der Waals surface area contributed by atoms with Crippen molar-refractivity contribution in [3.8, 4) is 33.6 Å². The number of ether oxygens (including phenoxy) is 3. The third-order valence-corrected chi connectivity index (χ3v) is 12.4. The molecule has 8 rings (SSSR count). The topological polar surface area (TPSA) is 184 Å². The molecule has 3 saturated heterocycles. The quantitative estimate of drug-likeness (QED) is 0.107. The van der Waals surface area contributed by atoms with Crippen LogP contribution >= 0.6 is 0 Å². The molecule has 0 bridgehead atoms. The highest BCUT2D eigenvalue weighted by atomic mass is 16.5. The number of aromatic amines is 2. The minimum Gasteiger partial charge on any atom is -0.453 e. The number of methoxy groups -OCH3 is 2. The average Bonchev–Trinajstić information content (AvgIpc) is 4.14. The minimum atomic E-state index is -0.688. The summed E-state index contributed by atoms with van der Waals surface area (Å²) in [4.78, 5) is 71.9. The van der Waals surface area contributed by atoms with E-state index in [1.165, 1.54) is 14.2 Å². The van der Waals surface area contributed by atoms with Crippen LogP contribution in [0.4, 0.5) is 9.59 Å². The lowest BCUT2D eigenvalue weighted by atomic mass is 9.90. The molecule has 4 atom stereocenters. The van der Waals surface area contributed by atoms with Crippen molar-refractivity contribution >= 4 is 34.8 Å². The van der Waals surface area contributed by atoms with Crippen molar-refractivity contribution in [2.24, 2.45) is 11.8 Å². The lowest BCUT2D eigenvalue weighted by Crippen LogP contribution is -2.53. The second kappa shape index (κ2) is 18.2. The summed E-state index contributed by atoms with van der Waals surface area (Å²) in [6.07, 6.45) is 7.05. The van der Waals surface area contributed by atoms with Gasteiger partial charge in [-0.3, -0.25) is 9.59 Å². The van der Waals surface area contributed by atoms with E-state index in [0.29, 0.717) is 39.1 Å². The molecule has 0 radical (unpaired) electrons. The zero-order valence-corrected chi connectivity index (χ0v) is 35.1. The summed E-state index contributed by atoms with van der Waals surface area (Å²) < 4.78 is 15.2. The number of likely N-dealkylation sites (tertiary alicyclic amines) is 2. The van der Waals surface area contributed by atoms with Gasteiger partial charge in [-0.05, 0) is 90.0 Å². The molecule has 5 aromatic rings. The summed E-state index contributed by atoms with van der Waals surface area (Å²) in [7, 11) is 2.60. The lowest BCUT2D eigenvalue weighted by Gasteiger charge is -2.34. The second-order valence-electron chi connectivity index (χ2n) is 16.5. The fourth-order valence-corrected chi connectivity index (χ4v) is 9.04. The van der Waals surface area contributed by atoms with Gasteiger partial charge in [0.05, 0.1) is 50.1 Å². The molecule has 5 heterocycles. The van der Waals surface area contributed by atoms with Crippen molar-refractivity contribution in [2.45, 2.75) is 76.5 Å². The van der Waals surface area contributed by atoms with Crippen LogP contribution in [0.1, 0.15) is 76.1 Å². The number of nitrogens with one attached hydrogen (secondary N) is 4. The molecule has 15 nitrogen and oxygen atoms in total. The van der Waals surface area contributed by atoms with E-state index in [1.54, 1.807) is 0 Å². The van der Waals surface area contributed by atoms with Crippen LogP contribution in [0, 0.1) is 11.8 Å². The van der Waals surface area contributed by atoms with Crippen LogP contribution in [0.5, 0.6) is 0 Å². The van der Waals surface area contributed by atoms with Gasteiger partial charge in [0.2, 0.25) is 11.8 Å². The van der Waals surface area contributed by atoms with E-state index < -0.39 is 24.3 Å². The van der Waals surface area contributed by atoms with Crippen molar-refractivity contribution in [1.82, 2.24) is 40.4 Å². The lowest BCUT2D eigenvalue weighted by molar-refractivity contribution is -0.137. The number of benzene rings is 3. The van der Waals surface area contributed by atoms with Crippen LogP contribution in [0.2, 0.25) is 0 Å². The predicted octanol–water partition coefficient (Wildman–Crippen LogP) is 7.15. The number of nitrogens with zero attached hydrogens (tertiary/aromatic N) is 4. The zero-order chi connectivity index (χ0) is 42.6. The van der Waals surface area contributed by atoms with Crippen LogP contribution in [0.3, 0.4) is 0 Å². The molecular weight excluding hydrogens is 777 g/mol. The number of hydrogen-bond donors (Lipinski definition) is 4. The van der Waals surface area contributed by atoms with E-state index in [4.69, 9.17) is 24.2 Å². The van der Waals surface area contributed by atoms with E-state index in [1.807, 2.05) is 36.0 Å². The largest absolute Gasteiger partial charge is 0.453 e. The number of alkyl carbamates (subject to hydrolysis) is 2. The molecule has 0 aliphatic carbocycles. The Hall–Kier alpha value is -6.22. The molecule has 0 spiro atoms. The van der Waals surface area contributed by atoms with Crippen molar-refractivity contribution in [1.29, 1.82) is 0 Å². The molecule has 2 aromatic heterocycles. The first-order chi connectivity index (χ1) is 29.6. The Morgan fingerprint density at radius 1 is 0.672 bits per heavy atom. The molecule has 3 fully saturated rings. The molecule has 4 N–H and O–H groups in total. The summed E-state index contributed by atoms with van der Waals surface area (Å²) in [5.74, 6) is 1.07. The Morgan fingerprint density at radius 2 is 1.18 bits per heavy atom. The number of hydrogen-bond acceptors (Lipinski definition) is 9. The molecule has 3 aliphatic heterocycles. The molecular formula is C46H54N8O7. The molecule has 61 heavy (non-hydrogen) atoms. The second-order valence-corrected chi connectivity index (χ2v) is 16.5. The Kier molecular flexibility index (Phi) is 12.4. The first-order valence-electron chi connectivity index (χ1n) is 21.2. The van der Waals surface area contributed by atoms with Gasteiger partial charge in [0.25, 0.3) is 0 Å². The fraction of sp³-hybridized carbons (Fsp3) is 0.435. The Morgan fingerprint density at radius 3 is 1.77 bits per heavy atom. The number of amides is 4. The molecule has 0 saturated carbocycles. The van der Waals surface area contributed by atoms with Gasteiger partial charge in [-0.1, -0.05) is 62.4 Å². The van der Waals surface area contributed by atoms with Crippen LogP contribution in [0.25, 0.3) is 44.4 Å². The van der Waals surface area contributed by atoms with Crippen LogP contribution in [0.15, 0.2) is 73.1 Å². The first-order valence-corrected chi connectivity index (χ1v) is 21.2. The number of carbonyl (C=O) groups excluding carboxylic acids is 4. The van der Waals surface area contributed by atoms with E-state index in [0.717, 1.165) is 81.7 Å². The third-order valence-electron chi connectivity index (χ3n) is 12.4. The Labute approximate surface area is 354 Å². The summed E-state index contributed by atoms with van der Waals surface area (Å²) in [5.41, 5.74) is 5.88. The number of rotatable bonds is 11. The number of imidazole rings is 2. The summed E-state index contributed by atoms with van der Waals surface area (Å²) in [6.45, 7) is 6.11. The van der Waals surface area contributed by atoms with E-state index in [-0.39, 0.29) is 35.7 Å². The number of aromatic nitrogens is 4. The Balaban J connectivity index is 0.936. The standard InChI is InChI=1S/C46H54N8O7/c1-27(2)39(51-45(57)59-3)43(55)53-19-5-7-37(53)41-47-25-35(49-41)29-11-9-28(10-12-29)31-13-14-33-24-34(16-15-32(33)23-31)36-26-48-42(50-36)38-8-6-20-54(38)44(56)40(52-46(58)60-4)30-17-21-61-22-18-30/h9-16,23-27,30,37-40H,5-8,17-22H2,1-4H3,(H,47,49)(H,48,50)(H,51,57)(H,52,58)/t37-,38-,39-,40?/m0/s1. The van der Waals surface area contributed by atoms with E-state index in [2.05, 4.69) is 81.3 Å². The van der Waals surface area contributed by atoms with Crippen molar-refractivity contribution < 1.29 is 33.4 Å². The zero-order valence-electron chi connectivity index (χ0n) is 35.1. The summed E-state index contributed by atoms with van der Waals surface area (Å²) in [5, 5.41) is 7.71. The monoisotopic (exact) mass is 830 g/mol. The molecule has 4 amide bonds. The van der Waals surface area contributed by atoms with Crippen LogP contribution < -0.4 is 10.6 Å². The third kappa shape index (κ3) is 8.83. The molecule has 3 aromatic carbocycles. The number of H-pyrrole nitrogens is 2. The van der Waals surface area contributed by atoms with Crippen molar-refractivity contribution in [3.63, 3.8) is 0 Å². The SMILES string of the molecule is COC(=O)NC(C(=O)N1CCC[C@H]1c1ncc(-c2ccc3cc(-c4ccc(-c5cnc([C@@H]6CCCN6C(=O)[C@@H](NC(=O)OC)C(C)C)[nH]5)cc4)ccc3c2)[nH]1)C1CCOCC1. The number of fused-ring (bicyclic) bond motifs is 1. The maximum atomic E-state index is 14.0. The highest BCUT2D eigenvalue weighted by Crippen LogP contribution is 2.36. The molecule has 320 valence electrons. The van der Waals surface area contributed by atoms with Crippen molar-refractivity contribution in [2.75, 3.05) is 40.5 Å². The van der Waals surface area contributed by atoms with Gasteiger partial charge in [0, 0.05) is 31.9 Å². The molecule has 3 aliphatic rings. The normalized spacial score (nSPS) is 19.2. The average molecular weight is 831 g/mol. The summed E-state index contributed by atoms with van der Waals surface area (Å²) in [6, 6.07) is 19.3.